The summed E-state index contributed by atoms with van der Waals surface area (Å²) in [6.45, 7) is 20.3. The number of rotatable bonds is 15. The number of ketones is 1. The van der Waals surface area contributed by atoms with E-state index in [1.165, 1.54) is 6.42 Å². The van der Waals surface area contributed by atoms with Crippen molar-refractivity contribution >= 4 is 11.8 Å². The lowest BCUT2D eigenvalue weighted by atomic mass is 9.72. The van der Waals surface area contributed by atoms with Crippen molar-refractivity contribution in [2.24, 2.45) is 41.4 Å². The molecule has 0 aromatic heterocycles. The molecule has 5 fully saturated rings. The zero-order valence-electron chi connectivity index (χ0n) is 37.4. The third-order valence-electron chi connectivity index (χ3n) is 16.2. The van der Waals surface area contributed by atoms with Crippen LogP contribution in [0.15, 0.2) is 12.2 Å². The molecule has 4 saturated heterocycles. The Labute approximate surface area is 349 Å². The van der Waals surface area contributed by atoms with E-state index in [9.17, 15) is 24.9 Å². The van der Waals surface area contributed by atoms with Crippen LogP contribution < -0.4 is 5.32 Å². The molecular weight excluding hydrogens is 739 g/mol. The monoisotopic (exact) mass is 818 g/mol. The van der Waals surface area contributed by atoms with E-state index >= 15 is 0 Å². The Balaban J connectivity index is 1.22. The van der Waals surface area contributed by atoms with Crippen LogP contribution in [-0.4, -0.2) is 98.6 Å². The summed E-state index contributed by atoms with van der Waals surface area (Å²) < 4.78 is 35.0. The van der Waals surface area contributed by atoms with Gasteiger partial charge in [0.25, 0.3) is 0 Å². The van der Waals surface area contributed by atoms with Crippen molar-refractivity contribution in [3.8, 4) is 0 Å². The zero-order chi connectivity index (χ0) is 42.4. The molecule has 0 amide bonds. The van der Waals surface area contributed by atoms with Crippen LogP contribution in [0.25, 0.3) is 0 Å². The number of aliphatic carboxylic acids is 1. The number of Topliss-reactive ketones (excluding diaryl/α,β-unsaturated/α-hetero) is 1. The average molecular weight is 818 g/mol. The lowest BCUT2D eigenvalue weighted by Crippen LogP contribution is -2.66. The molecule has 4 N–H and O–H groups in total. The number of carbonyl (C=O) groups excluding carboxylic acids is 1. The van der Waals surface area contributed by atoms with Gasteiger partial charge in [-0.25, -0.2) is 0 Å². The summed E-state index contributed by atoms with van der Waals surface area (Å²) in [5.74, 6) is -4.93. The predicted octanol–water partition coefficient (Wildman–Crippen LogP) is 7.73. The molecule has 18 atom stereocenters. The third kappa shape index (κ3) is 8.77. The second-order valence-electron chi connectivity index (χ2n) is 20.1. The molecule has 5 heterocycles. The van der Waals surface area contributed by atoms with Crippen LogP contribution in [0.2, 0.25) is 0 Å². The average Bonchev–Trinajstić information content (AvgIpc) is 3.51. The van der Waals surface area contributed by atoms with E-state index in [2.05, 4.69) is 52.1 Å². The number of aliphatic hydroxyl groups excluding tert-OH is 1. The molecule has 1 saturated carbocycles. The largest absolute Gasteiger partial charge is 0.481 e. The normalized spacial score (nSPS) is 44.7. The van der Waals surface area contributed by atoms with E-state index in [4.69, 9.17) is 23.7 Å². The molecular formula is C47H79NO10. The number of aliphatic hydroxyl groups is 2. The van der Waals surface area contributed by atoms with Crippen molar-refractivity contribution in [1.29, 1.82) is 0 Å². The number of nitrogens with one attached hydrogen (secondary N) is 1. The highest BCUT2D eigenvalue weighted by atomic mass is 16.8. The number of carbonyl (C=O) groups is 2. The molecule has 58 heavy (non-hydrogen) atoms. The molecule has 332 valence electrons. The molecule has 6 rings (SSSR count). The van der Waals surface area contributed by atoms with E-state index < -0.39 is 64.8 Å². The molecule has 0 bridgehead atoms. The Bertz CT molecular complexity index is 1460. The predicted molar refractivity (Wildman–Crippen MR) is 222 cm³/mol. The van der Waals surface area contributed by atoms with E-state index in [1.807, 2.05) is 34.6 Å². The fourth-order valence-electron chi connectivity index (χ4n) is 11.7. The molecule has 0 radical (unpaired) electrons. The first-order valence-electron chi connectivity index (χ1n) is 23.4. The van der Waals surface area contributed by atoms with Crippen molar-refractivity contribution in [1.82, 2.24) is 5.32 Å². The van der Waals surface area contributed by atoms with Crippen LogP contribution >= 0.6 is 0 Å². The molecule has 1 aliphatic carbocycles. The van der Waals surface area contributed by atoms with Crippen LogP contribution in [0.5, 0.6) is 0 Å². The van der Waals surface area contributed by atoms with Crippen molar-refractivity contribution in [3.63, 3.8) is 0 Å². The summed E-state index contributed by atoms with van der Waals surface area (Å²) in [6.07, 6.45) is 12.6. The van der Waals surface area contributed by atoms with Crippen molar-refractivity contribution in [2.75, 3.05) is 0 Å². The highest BCUT2D eigenvalue weighted by molar-refractivity contribution is 5.84. The summed E-state index contributed by atoms with van der Waals surface area (Å²) in [7, 11) is 0. The van der Waals surface area contributed by atoms with Gasteiger partial charge in [0.05, 0.1) is 59.8 Å². The molecule has 0 aromatic rings. The fourth-order valence-corrected chi connectivity index (χ4v) is 11.7. The van der Waals surface area contributed by atoms with Crippen LogP contribution in [0.1, 0.15) is 159 Å². The van der Waals surface area contributed by atoms with E-state index in [-0.39, 0.29) is 53.8 Å². The Hall–Kier alpha value is -1.44. The zero-order valence-corrected chi connectivity index (χ0v) is 37.4. The van der Waals surface area contributed by atoms with Crippen LogP contribution in [0.3, 0.4) is 0 Å². The maximum atomic E-state index is 14.8. The van der Waals surface area contributed by atoms with Gasteiger partial charge in [-0.15, -0.1) is 0 Å². The molecule has 5 aliphatic heterocycles. The molecule has 2 unspecified atom stereocenters. The SMILES string of the molecule is CCC[C@@H](C(=O)[C@@H](C)[C@@H](O)[C@H](C)C1O[C@@H](C(CC)C(=O)O)CC[C@@H]1C)[C@H]1O[C@]2(C=C[C@@H](NC3CCC3)[C@]3(CC[C@@](C)([C@H]4CC[C@](O)(CC)[C@H](C)O4)O3)O2)[C@H](C)C[C@@H]1C. The van der Waals surface area contributed by atoms with Gasteiger partial charge in [-0.3, -0.25) is 9.59 Å². The number of ether oxygens (including phenoxy) is 5. The minimum atomic E-state index is -1.12. The Morgan fingerprint density at radius 1 is 0.897 bits per heavy atom. The molecule has 2 spiro atoms. The summed E-state index contributed by atoms with van der Waals surface area (Å²) >= 11 is 0. The van der Waals surface area contributed by atoms with Gasteiger partial charge < -0.3 is 44.3 Å². The van der Waals surface area contributed by atoms with Crippen molar-refractivity contribution < 1.29 is 48.6 Å². The van der Waals surface area contributed by atoms with E-state index in [0.29, 0.717) is 51.0 Å². The standard InChI is InChI=1S/C47H79NO10/c1-11-15-35(40(50)30(7)39(49)31(8)41-27(4)18-19-36(55-41)34(12-2)43(51)52)42-28(5)26-29(6)46(56-42)23-20-37(48-33-16-14-17-33)47(58-46)25-24-44(10,57-47)38-21-22-45(53,13-3)32(9)54-38/h20,23,27-39,41-42,48-49,53H,11-19,21-22,24-26H2,1-10H3,(H,51,52)/t27-,28-,29+,30-,31-,32-,34?,35-,36+,37+,38+,39+,41?,42-,44-,45+,46-,47-/m0/s1. The Kier molecular flexibility index (Phi) is 14.4. The quantitative estimate of drug-likeness (QED) is 0.120. The minimum Gasteiger partial charge on any atom is -0.481 e. The smallest absolute Gasteiger partial charge is 0.309 e. The maximum Gasteiger partial charge on any atom is 0.309 e. The first kappa shape index (κ1) is 46.1. The van der Waals surface area contributed by atoms with Gasteiger partial charge in [0.15, 0.2) is 11.6 Å². The second kappa shape index (κ2) is 18.1. The van der Waals surface area contributed by atoms with Crippen molar-refractivity contribution in [2.45, 2.75) is 231 Å². The molecule has 11 heteroatoms. The highest BCUT2D eigenvalue weighted by Gasteiger charge is 2.63. The van der Waals surface area contributed by atoms with Gasteiger partial charge in [-0.1, -0.05) is 74.3 Å². The number of hydrogen-bond donors (Lipinski definition) is 4. The van der Waals surface area contributed by atoms with Crippen LogP contribution in [-0.2, 0) is 33.3 Å². The first-order chi connectivity index (χ1) is 27.4. The number of carboxylic acids is 1. The highest BCUT2D eigenvalue weighted by Crippen LogP contribution is 2.54. The first-order valence-corrected chi connectivity index (χ1v) is 23.4. The summed E-state index contributed by atoms with van der Waals surface area (Å²) in [5, 5.41) is 36.9. The lowest BCUT2D eigenvalue weighted by molar-refractivity contribution is -0.399. The van der Waals surface area contributed by atoms with Gasteiger partial charge in [0.1, 0.15) is 5.78 Å². The van der Waals surface area contributed by atoms with Gasteiger partial charge in [-0.05, 0) is 102 Å². The molecule has 0 aromatic carbocycles. The van der Waals surface area contributed by atoms with E-state index in [0.717, 1.165) is 38.5 Å². The van der Waals surface area contributed by atoms with Gasteiger partial charge in [0, 0.05) is 36.1 Å². The number of carboxylic acid groups (broad SMARTS) is 1. The second-order valence-corrected chi connectivity index (χ2v) is 20.1. The third-order valence-corrected chi connectivity index (χ3v) is 16.2. The Morgan fingerprint density at radius 2 is 1.62 bits per heavy atom. The summed E-state index contributed by atoms with van der Waals surface area (Å²) in [6, 6.07) is 0.201. The number of hydrogen-bond acceptors (Lipinski definition) is 10. The molecule has 11 nitrogen and oxygen atoms in total. The van der Waals surface area contributed by atoms with Gasteiger partial charge in [0.2, 0.25) is 0 Å². The topological polar surface area (TPSA) is 153 Å². The molecule has 6 aliphatic rings. The van der Waals surface area contributed by atoms with Crippen molar-refractivity contribution in [3.05, 3.63) is 12.2 Å². The van der Waals surface area contributed by atoms with E-state index in [1.54, 1.807) is 0 Å². The minimum absolute atomic E-state index is 0.0148. The summed E-state index contributed by atoms with van der Waals surface area (Å²) in [4.78, 5) is 26.8. The Morgan fingerprint density at radius 3 is 2.22 bits per heavy atom. The summed E-state index contributed by atoms with van der Waals surface area (Å²) in [5.41, 5.74) is -1.47. The van der Waals surface area contributed by atoms with Gasteiger partial charge in [-0.2, -0.15) is 0 Å². The lowest BCUT2D eigenvalue weighted by Gasteiger charge is -2.55. The van der Waals surface area contributed by atoms with Crippen LogP contribution in [0.4, 0.5) is 0 Å². The maximum absolute atomic E-state index is 14.8. The van der Waals surface area contributed by atoms with Crippen LogP contribution in [0, 0.1) is 41.4 Å². The fraction of sp³-hybridized carbons (Fsp3) is 0.915. The van der Waals surface area contributed by atoms with Gasteiger partial charge >= 0.3 is 5.97 Å².